The Bertz CT molecular complexity index is 821. The first-order valence-corrected chi connectivity index (χ1v) is 10.4. The van der Waals surface area contributed by atoms with E-state index in [9.17, 15) is 14.4 Å². The molecule has 8 nitrogen and oxygen atoms in total. The van der Waals surface area contributed by atoms with Crippen LogP contribution in [0.3, 0.4) is 0 Å². The number of rotatable bonds is 11. The van der Waals surface area contributed by atoms with Crippen LogP contribution >= 0.6 is 0 Å². The number of amides is 3. The quantitative estimate of drug-likeness (QED) is 0.555. The molecule has 0 radical (unpaired) electrons. The Morgan fingerprint density at radius 3 is 2.45 bits per heavy atom. The fraction of sp³-hybridized carbons (Fsp3) is 0.435. The van der Waals surface area contributed by atoms with Gasteiger partial charge in [-0.3, -0.25) is 9.59 Å². The molecule has 1 aromatic carbocycles. The van der Waals surface area contributed by atoms with Crippen LogP contribution in [0.1, 0.15) is 32.1 Å². The Kier molecular flexibility index (Phi) is 9.61. The predicted octanol–water partition coefficient (Wildman–Crippen LogP) is 2.83. The van der Waals surface area contributed by atoms with Crippen LogP contribution in [0.2, 0.25) is 0 Å². The summed E-state index contributed by atoms with van der Waals surface area (Å²) in [5.74, 6) is -0.0511. The van der Waals surface area contributed by atoms with Gasteiger partial charge in [-0.1, -0.05) is 30.3 Å². The molecule has 0 saturated carbocycles. The number of hydrogen-bond acceptors (Lipinski definition) is 5. The molecule has 2 rings (SSSR count). The highest BCUT2D eigenvalue weighted by Gasteiger charge is 2.24. The van der Waals surface area contributed by atoms with Crippen LogP contribution in [-0.2, 0) is 27.3 Å². The molecule has 0 unspecified atom stereocenters. The van der Waals surface area contributed by atoms with Gasteiger partial charge in [0.2, 0.25) is 5.91 Å². The van der Waals surface area contributed by atoms with E-state index in [1.807, 2.05) is 50.2 Å². The summed E-state index contributed by atoms with van der Waals surface area (Å²) < 4.78 is 10.2. The summed E-state index contributed by atoms with van der Waals surface area (Å²) in [6, 6.07) is 12.8. The summed E-state index contributed by atoms with van der Waals surface area (Å²) in [5, 5.41) is 2.52. The van der Waals surface area contributed by atoms with E-state index in [-0.39, 0.29) is 31.6 Å². The minimum Gasteiger partial charge on any atom is -0.467 e. The third-order valence-corrected chi connectivity index (χ3v) is 4.67. The number of ether oxygens (including phenoxy) is 1. The van der Waals surface area contributed by atoms with Crippen LogP contribution in [0.4, 0.5) is 4.79 Å². The smallest absolute Gasteiger partial charge is 0.325 e. The average Bonchev–Trinajstić information content (AvgIpc) is 3.27. The van der Waals surface area contributed by atoms with Gasteiger partial charge < -0.3 is 24.3 Å². The number of carbonyl (C=O) groups excluding carboxylic acids is 3. The first-order chi connectivity index (χ1) is 14.9. The molecule has 0 bridgehead atoms. The monoisotopic (exact) mass is 429 g/mol. The van der Waals surface area contributed by atoms with Gasteiger partial charge in [0.05, 0.1) is 19.4 Å². The minimum absolute atomic E-state index is 0.109. The molecule has 31 heavy (non-hydrogen) atoms. The lowest BCUT2D eigenvalue weighted by atomic mass is 10.1. The van der Waals surface area contributed by atoms with Crippen molar-refractivity contribution in [1.29, 1.82) is 0 Å². The lowest BCUT2D eigenvalue weighted by Gasteiger charge is -2.29. The molecule has 0 fully saturated rings. The van der Waals surface area contributed by atoms with E-state index in [2.05, 4.69) is 5.32 Å². The van der Waals surface area contributed by atoms with E-state index in [0.29, 0.717) is 25.3 Å². The summed E-state index contributed by atoms with van der Waals surface area (Å²) in [6.07, 6.45) is 2.25. The molecule has 3 amide bonds. The zero-order chi connectivity index (χ0) is 22.6. The Morgan fingerprint density at radius 1 is 1.10 bits per heavy atom. The molecule has 2 aromatic rings. The normalized spacial score (nSPS) is 10.6. The molecular formula is C23H31N3O5. The highest BCUT2D eigenvalue weighted by atomic mass is 16.5. The van der Waals surface area contributed by atoms with Crippen LogP contribution < -0.4 is 5.32 Å². The molecule has 1 heterocycles. The van der Waals surface area contributed by atoms with Gasteiger partial charge in [-0.2, -0.15) is 0 Å². The van der Waals surface area contributed by atoms with Crippen molar-refractivity contribution in [3.8, 4) is 0 Å². The summed E-state index contributed by atoms with van der Waals surface area (Å²) in [4.78, 5) is 40.3. The topological polar surface area (TPSA) is 92.1 Å². The van der Waals surface area contributed by atoms with Crippen molar-refractivity contribution in [2.45, 2.75) is 39.8 Å². The van der Waals surface area contributed by atoms with Crippen LogP contribution in [0.15, 0.2) is 53.1 Å². The number of furan rings is 1. The molecule has 0 spiro atoms. The van der Waals surface area contributed by atoms with E-state index in [0.717, 1.165) is 5.56 Å². The molecule has 1 aromatic heterocycles. The first-order valence-electron chi connectivity index (χ1n) is 10.4. The van der Waals surface area contributed by atoms with E-state index in [1.165, 1.54) is 4.90 Å². The molecule has 0 aliphatic carbocycles. The number of hydrogen-bond donors (Lipinski definition) is 1. The summed E-state index contributed by atoms with van der Waals surface area (Å²) in [5.41, 5.74) is 1.12. The second-order valence-corrected chi connectivity index (χ2v) is 7.32. The largest absolute Gasteiger partial charge is 0.467 e. The molecule has 8 heteroatoms. The van der Waals surface area contributed by atoms with Gasteiger partial charge in [-0.25, -0.2) is 4.79 Å². The second-order valence-electron chi connectivity index (χ2n) is 7.32. The number of esters is 1. The van der Waals surface area contributed by atoms with Crippen molar-refractivity contribution in [3.63, 3.8) is 0 Å². The van der Waals surface area contributed by atoms with Crippen molar-refractivity contribution < 1.29 is 23.5 Å². The lowest BCUT2D eigenvalue weighted by molar-refractivity contribution is -0.141. The van der Waals surface area contributed by atoms with Crippen LogP contribution in [-0.4, -0.2) is 60.0 Å². The standard InChI is InChI=1S/C23H31N3O5/c1-4-30-22(28)15-24-23(29)26(18(2)3)17-21(27)25(16-20-11-8-14-31-20)13-12-19-9-6-5-7-10-19/h5-11,14,18H,4,12-13,15-17H2,1-3H3,(H,24,29). The van der Waals surface area contributed by atoms with Crippen molar-refractivity contribution in [2.75, 3.05) is 26.2 Å². The maximum Gasteiger partial charge on any atom is 0.325 e. The summed E-state index contributed by atoms with van der Waals surface area (Å²) in [7, 11) is 0. The third-order valence-electron chi connectivity index (χ3n) is 4.67. The number of nitrogens with zero attached hydrogens (tertiary/aromatic N) is 2. The average molecular weight is 430 g/mol. The Labute approximate surface area is 183 Å². The van der Waals surface area contributed by atoms with Crippen molar-refractivity contribution in [3.05, 3.63) is 60.1 Å². The number of benzene rings is 1. The minimum atomic E-state index is -0.520. The fourth-order valence-corrected chi connectivity index (χ4v) is 2.99. The van der Waals surface area contributed by atoms with Crippen molar-refractivity contribution in [1.82, 2.24) is 15.1 Å². The summed E-state index contributed by atoms with van der Waals surface area (Å²) in [6.45, 7) is 6.02. The Morgan fingerprint density at radius 2 is 1.84 bits per heavy atom. The summed E-state index contributed by atoms with van der Waals surface area (Å²) >= 11 is 0. The maximum absolute atomic E-state index is 13.1. The van der Waals surface area contributed by atoms with Crippen LogP contribution in [0.25, 0.3) is 0 Å². The maximum atomic E-state index is 13.1. The number of urea groups is 1. The second kappa shape index (κ2) is 12.4. The van der Waals surface area contributed by atoms with Crippen molar-refractivity contribution >= 4 is 17.9 Å². The van der Waals surface area contributed by atoms with Gasteiger partial charge in [0.1, 0.15) is 18.8 Å². The molecule has 0 aliphatic heterocycles. The van der Waals surface area contributed by atoms with E-state index in [1.54, 1.807) is 24.2 Å². The van der Waals surface area contributed by atoms with Gasteiger partial charge in [0.25, 0.3) is 0 Å². The van der Waals surface area contributed by atoms with Gasteiger partial charge in [-0.15, -0.1) is 0 Å². The lowest BCUT2D eigenvalue weighted by Crippen LogP contribution is -2.50. The van der Waals surface area contributed by atoms with Crippen LogP contribution in [0, 0.1) is 0 Å². The third kappa shape index (κ3) is 8.16. The van der Waals surface area contributed by atoms with Gasteiger partial charge in [-0.05, 0) is 44.9 Å². The molecular weight excluding hydrogens is 398 g/mol. The molecule has 0 aliphatic rings. The molecule has 168 valence electrons. The van der Waals surface area contributed by atoms with E-state index >= 15 is 0 Å². The van der Waals surface area contributed by atoms with Gasteiger partial charge >= 0.3 is 12.0 Å². The Balaban J connectivity index is 2.03. The SMILES string of the molecule is CCOC(=O)CNC(=O)N(CC(=O)N(CCc1ccccc1)Cc1ccco1)C(C)C. The highest BCUT2D eigenvalue weighted by Crippen LogP contribution is 2.10. The zero-order valence-electron chi connectivity index (χ0n) is 18.4. The highest BCUT2D eigenvalue weighted by molar-refractivity contribution is 5.86. The molecule has 1 N–H and O–H groups in total. The van der Waals surface area contributed by atoms with E-state index < -0.39 is 12.0 Å². The molecule has 0 saturated heterocycles. The molecule has 0 atom stereocenters. The number of nitrogens with one attached hydrogen (secondary N) is 1. The predicted molar refractivity (Wildman–Crippen MR) is 116 cm³/mol. The zero-order valence-corrected chi connectivity index (χ0v) is 18.4. The number of carbonyl (C=O) groups is 3. The van der Waals surface area contributed by atoms with Gasteiger partial charge in [0, 0.05) is 12.6 Å². The fourth-order valence-electron chi connectivity index (χ4n) is 2.99. The Hall–Kier alpha value is -3.29. The van der Waals surface area contributed by atoms with E-state index in [4.69, 9.17) is 9.15 Å². The van der Waals surface area contributed by atoms with Gasteiger partial charge in [0.15, 0.2) is 0 Å². The van der Waals surface area contributed by atoms with Crippen molar-refractivity contribution in [2.24, 2.45) is 0 Å². The van der Waals surface area contributed by atoms with Crippen LogP contribution in [0.5, 0.6) is 0 Å². The first kappa shape index (κ1) is 24.0.